The molecule has 2 saturated carbocycles. The maximum Gasteiger partial charge on any atom is 0.193 e. The van der Waals surface area contributed by atoms with Crippen molar-refractivity contribution in [2.24, 2.45) is 17.8 Å². The van der Waals surface area contributed by atoms with Crippen LogP contribution in [0, 0.1) is 17.8 Å². The first-order valence-electron chi connectivity index (χ1n) is 10.4. The molecule has 0 atom stereocenters. The highest BCUT2D eigenvalue weighted by atomic mass is 19.1. The largest absolute Gasteiger partial charge is 0.291 e. The SMILES string of the molecule is CCCC1CCC(C2CCC(c3ccc(C(=O)CF)cc3)CC2)CC1. The summed E-state index contributed by atoms with van der Waals surface area (Å²) in [7, 11) is 0. The molecule has 0 saturated heterocycles. The monoisotopic (exact) mass is 344 g/mol. The lowest BCUT2D eigenvalue weighted by atomic mass is 9.68. The molecule has 1 aromatic rings. The lowest BCUT2D eigenvalue weighted by Crippen LogP contribution is -2.25. The van der Waals surface area contributed by atoms with E-state index in [1.54, 1.807) is 12.1 Å². The number of hydrogen-bond donors (Lipinski definition) is 0. The van der Waals surface area contributed by atoms with Crippen LogP contribution in [0.5, 0.6) is 0 Å². The fourth-order valence-corrected chi connectivity index (χ4v) is 5.30. The zero-order valence-electron chi connectivity index (χ0n) is 15.7. The number of carbonyl (C=O) groups is 1. The first kappa shape index (κ1) is 18.6. The Balaban J connectivity index is 1.48. The summed E-state index contributed by atoms with van der Waals surface area (Å²) in [6, 6.07) is 7.70. The molecule has 138 valence electrons. The van der Waals surface area contributed by atoms with Crippen LogP contribution in [0.2, 0.25) is 0 Å². The Bertz CT molecular complexity index is 534. The third-order valence-electron chi connectivity index (χ3n) is 6.85. The molecule has 0 heterocycles. The molecule has 1 nitrogen and oxygen atoms in total. The van der Waals surface area contributed by atoms with Crippen molar-refractivity contribution >= 4 is 5.78 Å². The van der Waals surface area contributed by atoms with Gasteiger partial charge in [0.25, 0.3) is 0 Å². The van der Waals surface area contributed by atoms with E-state index < -0.39 is 12.5 Å². The molecule has 2 aliphatic rings. The Kier molecular flexibility index (Phi) is 6.67. The van der Waals surface area contributed by atoms with Crippen LogP contribution in [0.4, 0.5) is 4.39 Å². The van der Waals surface area contributed by atoms with Crippen molar-refractivity contribution < 1.29 is 9.18 Å². The lowest BCUT2D eigenvalue weighted by molar-refractivity contribution is 0.0958. The molecule has 0 N–H and O–H groups in total. The van der Waals surface area contributed by atoms with Gasteiger partial charge in [0.05, 0.1) is 0 Å². The molecule has 0 amide bonds. The third kappa shape index (κ3) is 4.71. The zero-order valence-corrected chi connectivity index (χ0v) is 15.7. The molecule has 2 heteroatoms. The minimum Gasteiger partial charge on any atom is -0.291 e. The Morgan fingerprint density at radius 1 is 0.920 bits per heavy atom. The second-order valence-corrected chi connectivity index (χ2v) is 8.36. The molecule has 25 heavy (non-hydrogen) atoms. The highest BCUT2D eigenvalue weighted by Crippen LogP contribution is 2.44. The molecule has 1 aromatic carbocycles. The third-order valence-corrected chi connectivity index (χ3v) is 6.85. The number of benzene rings is 1. The van der Waals surface area contributed by atoms with Crippen molar-refractivity contribution in [2.75, 3.05) is 6.67 Å². The molecule has 0 unspecified atom stereocenters. The highest BCUT2D eigenvalue weighted by molar-refractivity contribution is 5.96. The first-order chi connectivity index (χ1) is 12.2. The van der Waals surface area contributed by atoms with Gasteiger partial charge in [-0.15, -0.1) is 0 Å². The fourth-order valence-electron chi connectivity index (χ4n) is 5.30. The summed E-state index contributed by atoms with van der Waals surface area (Å²) >= 11 is 0. The minimum absolute atomic E-state index is 0.408. The van der Waals surface area contributed by atoms with Crippen LogP contribution in [0.25, 0.3) is 0 Å². The first-order valence-corrected chi connectivity index (χ1v) is 10.4. The predicted octanol–water partition coefficient (Wildman–Crippen LogP) is 6.72. The molecular formula is C23H33FO. The predicted molar refractivity (Wildman–Crippen MR) is 102 cm³/mol. The van der Waals surface area contributed by atoms with Gasteiger partial charge in [-0.2, -0.15) is 0 Å². The summed E-state index contributed by atoms with van der Waals surface area (Å²) in [6.07, 6.45) is 13.9. The average molecular weight is 345 g/mol. The Labute approximate surface area is 152 Å². The summed E-state index contributed by atoms with van der Waals surface area (Å²) in [5, 5.41) is 0. The van der Waals surface area contributed by atoms with Gasteiger partial charge in [-0.1, -0.05) is 56.9 Å². The van der Waals surface area contributed by atoms with Crippen molar-refractivity contribution in [3.63, 3.8) is 0 Å². The highest BCUT2D eigenvalue weighted by Gasteiger charge is 2.31. The molecule has 2 fully saturated rings. The molecule has 0 aromatic heterocycles. The van der Waals surface area contributed by atoms with Crippen LogP contribution in [-0.4, -0.2) is 12.5 Å². The van der Waals surface area contributed by atoms with Crippen LogP contribution in [0.3, 0.4) is 0 Å². The number of hydrogen-bond acceptors (Lipinski definition) is 1. The van der Waals surface area contributed by atoms with E-state index in [9.17, 15) is 9.18 Å². The van der Waals surface area contributed by atoms with Crippen LogP contribution in [0.1, 0.15) is 93.0 Å². The molecule has 0 bridgehead atoms. The van der Waals surface area contributed by atoms with E-state index in [0.717, 1.165) is 17.8 Å². The van der Waals surface area contributed by atoms with E-state index >= 15 is 0 Å². The van der Waals surface area contributed by atoms with Crippen LogP contribution in [0.15, 0.2) is 24.3 Å². The standard InChI is InChI=1S/C23H33FO/c1-2-3-17-4-6-18(7-5-17)19-8-10-20(11-9-19)21-12-14-22(15-13-21)23(25)16-24/h12-15,17-20H,2-11,16H2,1H3. The Morgan fingerprint density at radius 3 is 2.00 bits per heavy atom. The van der Waals surface area contributed by atoms with E-state index in [1.807, 2.05) is 12.1 Å². The fraction of sp³-hybridized carbons (Fsp3) is 0.696. The second-order valence-electron chi connectivity index (χ2n) is 8.36. The normalized spacial score (nSPS) is 30.2. The number of Topliss-reactive ketones (excluding diaryl/α,β-unsaturated/α-hetero) is 1. The van der Waals surface area contributed by atoms with E-state index in [4.69, 9.17) is 0 Å². The van der Waals surface area contributed by atoms with Crippen molar-refractivity contribution in [2.45, 2.75) is 77.0 Å². The van der Waals surface area contributed by atoms with Gasteiger partial charge >= 0.3 is 0 Å². The zero-order chi connectivity index (χ0) is 17.6. The summed E-state index contributed by atoms with van der Waals surface area (Å²) in [6.45, 7) is 1.42. The number of alkyl halides is 1. The molecule has 0 aliphatic heterocycles. The van der Waals surface area contributed by atoms with E-state index in [2.05, 4.69) is 6.92 Å². The van der Waals surface area contributed by atoms with Crippen molar-refractivity contribution in [3.05, 3.63) is 35.4 Å². The molecular weight excluding hydrogens is 311 g/mol. The summed E-state index contributed by atoms with van der Waals surface area (Å²) in [5.41, 5.74) is 1.84. The van der Waals surface area contributed by atoms with E-state index in [-0.39, 0.29) is 0 Å². The van der Waals surface area contributed by atoms with Crippen molar-refractivity contribution in [3.8, 4) is 0 Å². The Morgan fingerprint density at radius 2 is 1.48 bits per heavy atom. The number of halogens is 1. The van der Waals surface area contributed by atoms with Gasteiger partial charge in [0.2, 0.25) is 0 Å². The minimum atomic E-state index is -0.898. The van der Waals surface area contributed by atoms with Crippen LogP contribution >= 0.6 is 0 Å². The summed E-state index contributed by atoms with van der Waals surface area (Å²) < 4.78 is 12.5. The smallest absolute Gasteiger partial charge is 0.193 e. The van der Waals surface area contributed by atoms with Gasteiger partial charge in [-0.05, 0) is 67.8 Å². The number of ketones is 1. The molecule has 0 radical (unpaired) electrons. The summed E-state index contributed by atoms with van der Waals surface area (Å²) in [5.74, 6) is 3.13. The van der Waals surface area contributed by atoms with Gasteiger partial charge in [-0.25, -0.2) is 4.39 Å². The maximum absolute atomic E-state index is 12.5. The molecule has 2 aliphatic carbocycles. The van der Waals surface area contributed by atoms with E-state index in [1.165, 1.54) is 69.8 Å². The second kappa shape index (κ2) is 8.96. The molecule has 3 rings (SSSR count). The van der Waals surface area contributed by atoms with Crippen molar-refractivity contribution in [1.29, 1.82) is 0 Å². The van der Waals surface area contributed by atoms with E-state index in [0.29, 0.717) is 11.5 Å². The van der Waals surface area contributed by atoms with Gasteiger partial charge in [0.1, 0.15) is 0 Å². The Hall–Kier alpha value is -1.18. The van der Waals surface area contributed by atoms with Gasteiger partial charge < -0.3 is 0 Å². The quantitative estimate of drug-likeness (QED) is 0.524. The lowest BCUT2D eigenvalue weighted by Gasteiger charge is -2.38. The summed E-state index contributed by atoms with van der Waals surface area (Å²) in [4.78, 5) is 11.4. The molecule has 0 spiro atoms. The topological polar surface area (TPSA) is 17.1 Å². The maximum atomic E-state index is 12.5. The van der Waals surface area contributed by atoms with Gasteiger partial charge in [0, 0.05) is 5.56 Å². The van der Waals surface area contributed by atoms with Gasteiger partial charge in [-0.3, -0.25) is 4.79 Å². The van der Waals surface area contributed by atoms with Crippen molar-refractivity contribution in [1.82, 2.24) is 0 Å². The van der Waals surface area contributed by atoms with Gasteiger partial charge in [0.15, 0.2) is 12.5 Å². The number of rotatable bonds is 6. The average Bonchev–Trinajstić information content (AvgIpc) is 2.68. The number of carbonyl (C=O) groups excluding carboxylic acids is 1. The van der Waals surface area contributed by atoms with Crippen LogP contribution < -0.4 is 0 Å². The van der Waals surface area contributed by atoms with Crippen LogP contribution in [-0.2, 0) is 0 Å².